The third-order valence-electron chi connectivity index (χ3n) is 5.29. The van der Waals surface area contributed by atoms with E-state index in [1.807, 2.05) is 18.2 Å². The molecule has 0 aliphatic carbocycles. The van der Waals surface area contributed by atoms with Crippen molar-refractivity contribution in [2.24, 2.45) is 11.7 Å². The number of hydrogen-bond donors (Lipinski definition) is 1. The summed E-state index contributed by atoms with van der Waals surface area (Å²) in [5.41, 5.74) is 6.83. The van der Waals surface area contributed by atoms with Crippen LogP contribution in [0.5, 0.6) is 0 Å². The summed E-state index contributed by atoms with van der Waals surface area (Å²) in [5.74, 6) is 2.19. The molecule has 0 saturated carbocycles. The Kier molecular flexibility index (Phi) is 5.55. The lowest BCUT2D eigenvalue weighted by Gasteiger charge is -2.32. The Morgan fingerprint density at radius 3 is 2.82 bits per heavy atom. The fourth-order valence-electron chi connectivity index (χ4n) is 3.63. The van der Waals surface area contributed by atoms with Gasteiger partial charge in [-0.25, -0.2) is 9.97 Å². The maximum atomic E-state index is 11.8. The number of primary amides is 1. The summed E-state index contributed by atoms with van der Waals surface area (Å²) in [6.45, 7) is 5.80. The van der Waals surface area contributed by atoms with Gasteiger partial charge in [0.1, 0.15) is 16.5 Å². The van der Waals surface area contributed by atoms with E-state index in [1.54, 1.807) is 23.1 Å². The van der Waals surface area contributed by atoms with Gasteiger partial charge in [-0.3, -0.25) is 4.79 Å². The van der Waals surface area contributed by atoms with Gasteiger partial charge in [0.15, 0.2) is 0 Å². The van der Waals surface area contributed by atoms with Crippen molar-refractivity contribution in [1.29, 1.82) is 0 Å². The van der Waals surface area contributed by atoms with Gasteiger partial charge in [0.25, 0.3) is 0 Å². The Labute approximate surface area is 173 Å². The number of carbonyl (C=O) groups is 1. The number of rotatable bonds is 5. The van der Waals surface area contributed by atoms with Gasteiger partial charge in [0, 0.05) is 22.9 Å². The minimum atomic E-state index is -0.215. The molecule has 5 nitrogen and oxygen atoms in total. The van der Waals surface area contributed by atoms with Gasteiger partial charge in [0.05, 0.1) is 17.1 Å². The number of thioether (sulfide) groups is 1. The summed E-state index contributed by atoms with van der Waals surface area (Å²) in [6, 6.07) is 10.3. The van der Waals surface area contributed by atoms with E-state index in [4.69, 9.17) is 15.7 Å². The first-order valence-corrected chi connectivity index (χ1v) is 11.3. The Morgan fingerprint density at radius 1 is 1.29 bits per heavy atom. The molecule has 1 aromatic carbocycles. The number of piperidine rings is 1. The number of aromatic nitrogens is 2. The smallest absolute Gasteiger partial charge is 0.222 e. The standard InChI is InChI=1S/C21H24N4OS2/c1-13-14(2)28-21-18(13)20(25-10-6-7-15(11-25)19(22)26)23-17(24-21)12-27-16-8-4-3-5-9-16/h3-5,8-9,15H,6-7,10-12H2,1-2H3,(H2,22,26). The van der Waals surface area contributed by atoms with Crippen molar-refractivity contribution in [2.45, 2.75) is 37.3 Å². The number of hydrogen-bond acceptors (Lipinski definition) is 6. The fraction of sp³-hybridized carbons (Fsp3) is 0.381. The van der Waals surface area contributed by atoms with Crippen LogP contribution in [-0.4, -0.2) is 29.0 Å². The molecule has 3 aromatic rings. The van der Waals surface area contributed by atoms with Crippen LogP contribution in [0.3, 0.4) is 0 Å². The van der Waals surface area contributed by atoms with Crippen LogP contribution in [0, 0.1) is 19.8 Å². The first-order valence-electron chi connectivity index (χ1n) is 9.51. The zero-order chi connectivity index (χ0) is 19.7. The first-order chi connectivity index (χ1) is 13.5. The maximum Gasteiger partial charge on any atom is 0.222 e. The summed E-state index contributed by atoms with van der Waals surface area (Å²) < 4.78 is 0. The number of nitrogens with two attached hydrogens (primary N) is 1. The van der Waals surface area contributed by atoms with Crippen molar-refractivity contribution in [2.75, 3.05) is 18.0 Å². The van der Waals surface area contributed by atoms with Crippen molar-refractivity contribution in [3.05, 3.63) is 46.6 Å². The molecular weight excluding hydrogens is 388 g/mol. The normalized spacial score (nSPS) is 17.2. The summed E-state index contributed by atoms with van der Waals surface area (Å²) >= 11 is 3.46. The molecule has 2 N–H and O–H groups in total. The molecule has 1 fully saturated rings. The fourth-order valence-corrected chi connectivity index (χ4v) is 5.45. The zero-order valence-corrected chi connectivity index (χ0v) is 17.8. The van der Waals surface area contributed by atoms with Crippen molar-refractivity contribution in [3.8, 4) is 0 Å². The second-order valence-electron chi connectivity index (χ2n) is 7.22. The molecule has 4 rings (SSSR count). The van der Waals surface area contributed by atoms with Gasteiger partial charge < -0.3 is 10.6 Å². The summed E-state index contributed by atoms with van der Waals surface area (Å²) in [7, 11) is 0. The molecule has 0 radical (unpaired) electrons. The van der Waals surface area contributed by atoms with E-state index in [-0.39, 0.29) is 11.8 Å². The Hall–Kier alpha value is -2.12. The second kappa shape index (κ2) is 8.09. The Morgan fingerprint density at radius 2 is 2.07 bits per heavy atom. The molecule has 1 amide bonds. The Balaban J connectivity index is 1.70. The first kappa shape index (κ1) is 19.2. The third-order valence-corrected chi connectivity index (χ3v) is 7.40. The molecule has 0 spiro atoms. The summed E-state index contributed by atoms with van der Waals surface area (Å²) in [5, 5.41) is 1.13. The molecule has 1 saturated heterocycles. The molecular formula is C21H24N4OS2. The van der Waals surface area contributed by atoms with Crippen LogP contribution in [0.2, 0.25) is 0 Å². The number of thiophene rings is 1. The SMILES string of the molecule is Cc1sc2nc(CSc3ccccc3)nc(N3CCCC(C(N)=O)C3)c2c1C. The van der Waals surface area contributed by atoms with Crippen molar-refractivity contribution < 1.29 is 4.79 Å². The second-order valence-corrected chi connectivity index (χ2v) is 9.47. The quantitative estimate of drug-likeness (QED) is 0.633. The highest BCUT2D eigenvalue weighted by Crippen LogP contribution is 2.37. The minimum absolute atomic E-state index is 0.110. The van der Waals surface area contributed by atoms with Gasteiger partial charge in [-0.1, -0.05) is 18.2 Å². The molecule has 2 aromatic heterocycles. The number of anilines is 1. The monoisotopic (exact) mass is 412 g/mol. The largest absolute Gasteiger partial charge is 0.369 e. The average molecular weight is 413 g/mol. The minimum Gasteiger partial charge on any atom is -0.369 e. The van der Waals surface area contributed by atoms with Gasteiger partial charge >= 0.3 is 0 Å². The number of benzene rings is 1. The van der Waals surface area contributed by atoms with Crippen molar-refractivity contribution >= 4 is 45.0 Å². The molecule has 1 aliphatic heterocycles. The van der Waals surface area contributed by atoms with E-state index in [9.17, 15) is 4.79 Å². The summed E-state index contributed by atoms with van der Waals surface area (Å²) in [6.07, 6.45) is 1.81. The lowest BCUT2D eigenvalue weighted by Crippen LogP contribution is -2.41. The highest BCUT2D eigenvalue weighted by Gasteiger charge is 2.27. The molecule has 146 valence electrons. The van der Waals surface area contributed by atoms with Gasteiger partial charge in [-0.05, 0) is 44.4 Å². The van der Waals surface area contributed by atoms with E-state index in [0.29, 0.717) is 6.54 Å². The zero-order valence-electron chi connectivity index (χ0n) is 16.1. The molecule has 0 bridgehead atoms. The molecule has 28 heavy (non-hydrogen) atoms. The van der Waals surface area contributed by atoms with Crippen LogP contribution >= 0.6 is 23.1 Å². The predicted octanol–water partition coefficient (Wildman–Crippen LogP) is 4.30. The van der Waals surface area contributed by atoms with E-state index >= 15 is 0 Å². The van der Waals surface area contributed by atoms with Crippen molar-refractivity contribution in [1.82, 2.24) is 9.97 Å². The predicted molar refractivity (Wildman–Crippen MR) is 117 cm³/mol. The van der Waals surface area contributed by atoms with Crippen LogP contribution in [0.1, 0.15) is 29.1 Å². The number of fused-ring (bicyclic) bond motifs is 1. The van der Waals surface area contributed by atoms with Gasteiger partial charge in [-0.2, -0.15) is 0 Å². The van der Waals surface area contributed by atoms with Gasteiger partial charge in [0.2, 0.25) is 5.91 Å². The van der Waals surface area contributed by atoms with E-state index in [1.165, 1.54) is 15.3 Å². The molecule has 1 aliphatic rings. The van der Waals surface area contributed by atoms with Crippen LogP contribution in [0.4, 0.5) is 5.82 Å². The van der Waals surface area contributed by atoms with Crippen LogP contribution in [0.15, 0.2) is 35.2 Å². The highest BCUT2D eigenvalue weighted by molar-refractivity contribution is 7.98. The van der Waals surface area contributed by atoms with Crippen LogP contribution < -0.4 is 10.6 Å². The number of amides is 1. The number of nitrogens with zero attached hydrogens (tertiary/aromatic N) is 3. The van der Waals surface area contributed by atoms with E-state index in [2.05, 4.69) is 30.9 Å². The third kappa shape index (κ3) is 3.86. The van der Waals surface area contributed by atoms with Crippen LogP contribution in [-0.2, 0) is 10.5 Å². The Bertz CT molecular complexity index is 1000. The molecule has 1 atom stereocenters. The van der Waals surface area contributed by atoms with E-state index in [0.717, 1.165) is 47.0 Å². The number of carbonyl (C=O) groups excluding carboxylic acids is 1. The van der Waals surface area contributed by atoms with Gasteiger partial charge in [-0.15, -0.1) is 23.1 Å². The maximum absolute atomic E-state index is 11.8. The lowest BCUT2D eigenvalue weighted by atomic mass is 9.97. The molecule has 1 unspecified atom stereocenters. The lowest BCUT2D eigenvalue weighted by molar-refractivity contribution is -0.122. The molecule has 7 heteroatoms. The highest BCUT2D eigenvalue weighted by atomic mass is 32.2. The van der Waals surface area contributed by atoms with Crippen molar-refractivity contribution in [3.63, 3.8) is 0 Å². The number of aryl methyl sites for hydroxylation is 2. The van der Waals surface area contributed by atoms with E-state index < -0.39 is 0 Å². The topological polar surface area (TPSA) is 72.1 Å². The summed E-state index contributed by atoms with van der Waals surface area (Å²) in [4.78, 5) is 27.3. The molecule has 3 heterocycles. The van der Waals surface area contributed by atoms with Crippen LogP contribution in [0.25, 0.3) is 10.2 Å². The average Bonchev–Trinajstić information content (AvgIpc) is 3.00.